The number of nitrogens with two attached hydrogens (primary N) is 1. The van der Waals surface area contributed by atoms with Crippen molar-refractivity contribution in [1.82, 2.24) is 9.30 Å². The first-order valence-corrected chi connectivity index (χ1v) is 11.1. The molecule has 4 rings (SSSR count). The largest absolute Gasteiger partial charge is 0.477 e. The molecule has 4 heterocycles. The lowest BCUT2D eigenvalue weighted by atomic mass is 9.77. The number of hydrogen-bond donors (Lipinski definition) is 3. The molecule has 2 aromatic rings. The van der Waals surface area contributed by atoms with Crippen LogP contribution in [0, 0.1) is 11.8 Å². The Labute approximate surface area is 170 Å². The molecule has 2 aliphatic rings. The van der Waals surface area contributed by atoms with Gasteiger partial charge in [0.1, 0.15) is 18.4 Å². The number of aliphatic carboxylic acids is 1. The Morgan fingerprint density at radius 3 is 2.79 bits per heavy atom. The number of fused-ring (bicyclic) bond motifs is 2. The maximum Gasteiger partial charge on any atom is 0.352 e. The van der Waals surface area contributed by atoms with Crippen LogP contribution in [0.2, 0.25) is 0 Å². The van der Waals surface area contributed by atoms with Crippen LogP contribution >= 0.6 is 23.1 Å². The minimum Gasteiger partial charge on any atom is -0.477 e. The fraction of sp³-hybridized carbons (Fsp3) is 0.500. The number of aromatic nitrogens is 2. The number of thioether (sulfide) groups is 1. The second kappa shape index (κ2) is 6.87. The van der Waals surface area contributed by atoms with Crippen molar-refractivity contribution in [1.29, 1.82) is 0 Å². The quantitative estimate of drug-likeness (QED) is 0.357. The molecule has 150 valence electrons. The van der Waals surface area contributed by atoms with E-state index in [4.69, 9.17) is 5.73 Å². The number of carboxylic acids is 1. The van der Waals surface area contributed by atoms with Gasteiger partial charge in [0.2, 0.25) is 15.8 Å². The molecule has 8 nitrogen and oxygen atoms in total. The number of hydrogen-bond acceptors (Lipinski definition) is 6. The minimum atomic E-state index is -1.11. The number of thiazole rings is 1. The molecule has 2 aliphatic heterocycles. The number of rotatable bonds is 6. The van der Waals surface area contributed by atoms with Gasteiger partial charge in [-0.2, -0.15) is 4.40 Å². The summed E-state index contributed by atoms with van der Waals surface area (Å²) < 4.78 is 4.08. The number of aliphatic hydroxyl groups is 1. The summed E-state index contributed by atoms with van der Waals surface area (Å²) in [5, 5.41) is 20.9. The zero-order valence-corrected chi connectivity index (χ0v) is 17.5. The van der Waals surface area contributed by atoms with Gasteiger partial charge in [0, 0.05) is 18.0 Å². The number of imidazole rings is 1. The highest BCUT2D eigenvalue weighted by Crippen LogP contribution is 2.51. The lowest BCUT2D eigenvalue weighted by Gasteiger charge is -2.46. The minimum absolute atomic E-state index is 0.0458. The molecule has 1 fully saturated rings. The molecule has 10 heteroatoms. The van der Waals surface area contributed by atoms with Gasteiger partial charge < -0.3 is 20.8 Å². The number of carbonyl (C=O) groups excluding carboxylic acids is 1. The van der Waals surface area contributed by atoms with Crippen LogP contribution in [0.4, 0.5) is 0 Å². The summed E-state index contributed by atoms with van der Waals surface area (Å²) in [5.74, 6) is -2.14. The molecule has 1 amide bonds. The third-order valence-electron chi connectivity index (χ3n) is 5.61. The Kier molecular flexibility index (Phi) is 4.77. The summed E-state index contributed by atoms with van der Waals surface area (Å²) in [6.45, 7) is 4.76. The second-order valence-corrected chi connectivity index (χ2v) is 9.06. The van der Waals surface area contributed by atoms with E-state index in [1.165, 1.54) is 16.2 Å². The monoisotopic (exact) mass is 423 g/mol. The van der Waals surface area contributed by atoms with E-state index in [0.29, 0.717) is 18.7 Å². The van der Waals surface area contributed by atoms with E-state index in [2.05, 4.69) is 4.57 Å². The Hall–Kier alpha value is -1.88. The molecular weight excluding hydrogens is 400 g/mol. The van der Waals surface area contributed by atoms with Gasteiger partial charge in [0.15, 0.2) is 0 Å². The van der Waals surface area contributed by atoms with Crippen molar-refractivity contribution in [3.05, 3.63) is 23.1 Å². The number of aliphatic hydroxyl groups excluding tert-OH is 1. The SMILES string of the molecule is CSc1c2sc(C3=C(C(=O)O)N4C(=O)[C@H]([C@@H](C)O)[C@H]4[C@H]3C)cn2c[n+]1CCN. The van der Waals surface area contributed by atoms with Crippen LogP contribution < -0.4 is 10.3 Å². The summed E-state index contributed by atoms with van der Waals surface area (Å²) in [6.07, 6.45) is 5.09. The van der Waals surface area contributed by atoms with E-state index in [1.54, 1.807) is 18.7 Å². The molecule has 2 aromatic heterocycles. The van der Waals surface area contributed by atoms with Gasteiger partial charge in [-0.1, -0.05) is 30.0 Å². The molecule has 0 unspecified atom stereocenters. The van der Waals surface area contributed by atoms with Crippen LogP contribution in [-0.4, -0.2) is 56.3 Å². The van der Waals surface area contributed by atoms with E-state index in [0.717, 1.165) is 14.7 Å². The average Bonchev–Trinajstić information content (AvgIpc) is 3.22. The zero-order chi connectivity index (χ0) is 20.3. The van der Waals surface area contributed by atoms with Gasteiger partial charge in [0.05, 0.1) is 22.9 Å². The van der Waals surface area contributed by atoms with Crippen LogP contribution in [-0.2, 0) is 16.1 Å². The van der Waals surface area contributed by atoms with Crippen molar-refractivity contribution in [2.45, 2.75) is 37.6 Å². The van der Waals surface area contributed by atoms with Gasteiger partial charge in [-0.15, -0.1) is 0 Å². The Morgan fingerprint density at radius 2 is 2.21 bits per heavy atom. The molecule has 0 aromatic carbocycles. The molecule has 1 saturated heterocycles. The predicted octanol–water partition coefficient (Wildman–Crippen LogP) is 0.622. The first-order chi connectivity index (χ1) is 13.3. The topological polar surface area (TPSA) is 112 Å². The number of carbonyl (C=O) groups is 2. The standard InChI is InChI=1S/C18H22N4O4S2/c1-8-11(14(18(25)26)22-13(8)12(9(2)23)15(22)24)10-6-21-7-20(5-4-19)16(27-3)17(21)28-10/h6-9,12-13,23H,4-5,19H2,1-3H3/p+1/t8-,9+,12+,13+/m0/s1. The van der Waals surface area contributed by atoms with E-state index in [-0.39, 0.29) is 23.6 Å². The molecule has 28 heavy (non-hydrogen) atoms. The van der Waals surface area contributed by atoms with Crippen LogP contribution in [0.15, 0.2) is 23.2 Å². The Bertz CT molecular complexity index is 1010. The van der Waals surface area contributed by atoms with E-state index in [9.17, 15) is 19.8 Å². The van der Waals surface area contributed by atoms with Crippen LogP contribution in [0.25, 0.3) is 10.4 Å². The number of nitrogens with zero attached hydrogens (tertiary/aromatic N) is 3. The molecule has 4 atom stereocenters. The molecule has 0 saturated carbocycles. The summed E-state index contributed by atoms with van der Waals surface area (Å²) in [6, 6.07) is -0.308. The van der Waals surface area contributed by atoms with Crippen LogP contribution in [0.1, 0.15) is 18.7 Å². The average molecular weight is 424 g/mol. The van der Waals surface area contributed by atoms with Crippen LogP contribution in [0.3, 0.4) is 0 Å². The summed E-state index contributed by atoms with van der Waals surface area (Å²) in [4.78, 5) is 27.7. The van der Waals surface area contributed by atoms with Crippen LogP contribution in [0.5, 0.6) is 0 Å². The Morgan fingerprint density at radius 1 is 1.50 bits per heavy atom. The third kappa shape index (κ3) is 2.55. The fourth-order valence-electron chi connectivity index (χ4n) is 4.45. The maximum atomic E-state index is 12.5. The molecule has 0 radical (unpaired) electrons. The third-order valence-corrected chi connectivity index (χ3v) is 7.70. The van der Waals surface area contributed by atoms with Gasteiger partial charge in [-0.3, -0.25) is 4.79 Å². The molecule has 0 bridgehead atoms. The van der Waals surface area contributed by atoms with Gasteiger partial charge in [-0.05, 0) is 13.2 Å². The van der Waals surface area contributed by atoms with E-state index >= 15 is 0 Å². The summed E-state index contributed by atoms with van der Waals surface area (Å²) >= 11 is 3.14. The van der Waals surface area contributed by atoms with Crippen molar-refractivity contribution in [2.24, 2.45) is 17.6 Å². The maximum absolute atomic E-state index is 12.5. The summed E-state index contributed by atoms with van der Waals surface area (Å²) in [5.41, 5.74) is 6.41. The lowest BCUT2D eigenvalue weighted by Crippen LogP contribution is -2.63. The highest BCUT2D eigenvalue weighted by Gasteiger charge is 2.60. The first kappa shape index (κ1) is 19.4. The van der Waals surface area contributed by atoms with Gasteiger partial charge in [-0.25, -0.2) is 9.36 Å². The number of carboxylic acid groups (broad SMARTS) is 1. The van der Waals surface area contributed by atoms with Gasteiger partial charge >= 0.3 is 5.97 Å². The Balaban J connectivity index is 1.83. The van der Waals surface area contributed by atoms with Crippen molar-refractivity contribution in [2.75, 3.05) is 12.8 Å². The van der Waals surface area contributed by atoms with Gasteiger partial charge in [0.25, 0.3) is 6.33 Å². The predicted molar refractivity (Wildman–Crippen MR) is 106 cm³/mol. The smallest absolute Gasteiger partial charge is 0.352 e. The summed E-state index contributed by atoms with van der Waals surface area (Å²) in [7, 11) is 0. The normalized spacial score (nSPS) is 25.4. The molecule has 4 N–H and O–H groups in total. The van der Waals surface area contributed by atoms with Crippen molar-refractivity contribution >= 4 is 45.4 Å². The highest BCUT2D eigenvalue weighted by atomic mass is 32.2. The first-order valence-electron chi connectivity index (χ1n) is 9.08. The van der Waals surface area contributed by atoms with E-state index in [1.807, 2.05) is 30.1 Å². The zero-order valence-electron chi connectivity index (χ0n) is 15.8. The second-order valence-electron chi connectivity index (χ2n) is 7.24. The molecule has 0 aliphatic carbocycles. The molecule has 0 spiro atoms. The fourth-order valence-corrected chi connectivity index (χ4v) is 6.66. The van der Waals surface area contributed by atoms with Crippen molar-refractivity contribution in [3.63, 3.8) is 0 Å². The molecular formula is C18H23N4O4S2+. The van der Waals surface area contributed by atoms with Crippen molar-refractivity contribution < 1.29 is 24.4 Å². The lowest BCUT2D eigenvalue weighted by molar-refractivity contribution is -0.727. The number of β-lactam (4-membered cyclic amide) rings is 1. The van der Waals surface area contributed by atoms with Crippen molar-refractivity contribution in [3.8, 4) is 0 Å². The number of amides is 1. The highest BCUT2D eigenvalue weighted by molar-refractivity contribution is 7.98. The van der Waals surface area contributed by atoms with E-state index < -0.39 is 18.0 Å².